The molecule has 1 aromatic carbocycles. The van der Waals surface area contributed by atoms with E-state index in [1.54, 1.807) is 21.3 Å². The molecule has 1 aromatic heterocycles. The van der Waals surface area contributed by atoms with E-state index < -0.39 is 0 Å². The molecular formula is C20H32IN5O2. The van der Waals surface area contributed by atoms with Gasteiger partial charge in [-0.25, -0.2) is 0 Å². The molecule has 8 heteroatoms. The lowest BCUT2D eigenvalue weighted by atomic mass is 10.1. The molecule has 0 aliphatic heterocycles. The molecule has 0 saturated heterocycles. The average Bonchev–Trinajstić information content (AvgIpc) is 2.94. The summed E-state index contributed by atoms with van der Waals surface area (Å²) >= 11 is 0. The second-order valence-electron chi connectivity index (χ2n) is 6.46. The van der Waals surface area contributed by atoms with Gasteiger partial charge in [0.25, 0.3) is 0 Å². The molecule has 0 saturated carbocycles. The normalized spacial score (nSPS) is 11.1. The maximum atomic E-state index is 5.47. The van der Waals surface area contributed by atoms with Gasteiger partial charge >= 0.3 is 0 Å². The highest BCUT2D eigenvalue weighted by atomic mass is 127. The second-order valence-corrected chi connectivity index (χ2v) is 6.46. The first-order valence-electron chi connectivity index (χ1n) is 9.10. The van der Waals surface area contributed by atoms with E-state index in [1.807, 2.05) is 17.7 Å². The molecule has 0 bridgehead atoms. The first-order chi connectivity index (χ1) is 13.0. The Balaban J connectivity index is 0.00000392. The molecule has 2 N–H and O–H groups in total. The van der Waals surface area contributed by atoms with Gasteiger partial charge in [0.15, 0.2) is 5.96 Å². The second kappa shape index (κ2) is 11.9. The summed E-state index contributed by atoms with van der Waals surface area (Å²) in [6.07, 6.45) is 0. The minimum absolute atomic E-state index is 0. The van der Waals surface area contributed by atoms with E-state index >= 15 is 0 Å². The van der Waals surface area contributed by atoms with Gasteiger partial charge in [0, 0.05) is 44.1 Å². The van der Waals surface area contributed by atoms with Crippen molar-refractivity contribution in [2.45, 2.75) is 40.4 Å². The highest BCUT2D eigenvalue weighted by Crippen LogP contribution is 2.19. The van der Waals surface area contributed by atoms with E-state index in [0.29, 0.717) is 19.7 Å². The van der Waals surface area contributed by atoms with Crippen LogP contribution in [0.2, 0.25) is 0 Å². The van der Waals surface area contributed by atoms with Gasteiger partial charge < -0.3 is 20.1 Å². The molecule has 0 aliphatic carbocycles. The summed E-state index contributed by atoms with van der Waals surface area (Å²) in [4.78, 5) is 4.31. The maximum absolute atomic E-state index is 5.47. The summed E-state index contributed by atoms with van der Waals surface area (Å²) in [6, 6.07) is 6.19. The molecule has 1 heterocycles. The van der Waals surface area contributed by atoms with Gasteiger partial charge in [0.1, 0.15) is 5.75 Å². The monoisotopic (exact) mass is 501 g/mol. The third-order valence-electron chi connectivity index (χ3n) is 4.58. The summed E-state index contributed by atoms with van der Waals surface area (Å²) in [7, 11) is 5.16. The average molecular weight is 501 g/mol. The zero-order valence-electron chi connectivity index (χ0n) is 17.6. The van der Waals surface area contributed by atoms with Gasteiger partial charge in [-0.05, 0) is 32.4 Å². The lowest BCUT2D eigenvalue weighted by Gasteiger charge is -2.14. The van der Waals surface area contributed by atoms with Crippen LogP contribution in [-0.4, -0.2) is 43.6 Å². The topological polar surface area (TPSA) is 72.7 Å². The number of aryl methyl sites for hydroxylation is 2. The fourth-order valence-corrected chi connectivity index (χ4v) is 2.95. The summed E-state index contributed by atoms with van der Waals surface area (Å²) in [5.41, 5.74) is 5.61. The van der Waals surface area contributed by atoms with Gasteiger partial charge in [-0.2, -0.15) is 5.10 Å². The van der Waals surface area contributed by atoms with Crippen LogP contribution in [0, 0.1) is 20.8 Å². The molecule has 0 radical (unpaired) electrons. The van der Waals surface area contributed by atoms with E-state index in [4.69, 9.17) is 9.47 Å². The molecule has 0 aliphatic rings. The van der Waals surface area contributed by atoms with Crippen molar-refractivity contribution in [3.63, 3.8) is 0 Å². The van der Waals surface area contributed by atoms with E-state index in [2.05, 4.69) is 46.7 Å². The van der Waals surface area contributed by atoms with Crippen molar-refractivity contribution < 1.29 is 9.47 Å². The van der Waals surface area contributed by atoms with Crippen LogP contribution in [0.1, 0.15) is 28.1 Å². The predicted octanol–water partition coefficient (Wildman–Crippen LogP) is 2.95. The lowest BCUT2D eigenvalue weighted by molar-refractivity contribution is 0.182. The summed E-state index contributed by atoms with van der Waals surface area (Å²) in [5.74, 6) is 1.62. The lowest BCUT2D eigenvalue weighted by Crippen LogP contribution is -2.36. The number of hydrogen-bond acceptors (Lipinski definition) is 4. The van der Waals surface area contributed by atoms with Gasteiger partial charge in [0.2, 0.25) is 0 Å². The number of methoxy groups -OCH3 is 2. The highest BCUT2D eigenvalue weighted by molar-refractivity contribution is 14.0. The first kappa shape index (κ1) is 24.2. The van der Waals surface area contributed by atoms with E-state index in [-0.39, 0.29) is 24.0 Å². The van der Waals surface area contributed by atoms with Gasteiger partial charge in [-0.1, -0.05) is 12.1 Å². The fraction of sp³-hybridized carbons (Fsp3) is 0.500. The van der Waals surface area contributed by atoms with Crippen molar-refractivity contribution in [3.05, 3.63) is 46.3 Å². The Hall–Kier alpha value is -1.81. The van der Waals surface area contributed by atoms with Crippen molar-refractivity contribution in [2.24, 2.45) is 4.99 Å². The SMILES string of the molecule is CN=C(NCc1ccc(C)cc1OC)NCc1c(C)nn(CCOC)c1C.I. The number of benzene rings is 1. The zero-order chi connectivity index (χ0) is 19.8. The molecule has 0 unspecified atom stereocenters. The minimum atomic E-state index is 0. The molecule has 2 aromatic rings. The van der Waals surface area contributed by atoms with Gasteiger partial charge in [0.05, 0.1) is 26.0 Å². The summed E-state index contributed by atoms with van der Waals surface area (Å²) in [6.45, 7) is 8.86. The quantitative estimate of drug-likeness (QED) is 0.331. The van der Waals surface area contributed by atoms with Gasteiger partial charge in [-0.15, -0.1) is 24.0 Å². The Labute approximate surface area is 184 Å². The first-order valence-corrected chi connectivity index (χ1v) is 9.10. The van der Waals surface area contributed by atoms with Crippen LogP contribution in [0.5, 0.6) is 5.75 Å². The molecule has 0 amide bonds. The number of ether oxygens (including phenoxy) is 2. The molecule has 7 nitrogen and oxygen atoms in total. The van der Waals surface area contributed by atoms with Crippen LogP contribution < -0.4 is 15.4 Å². The Kier molecular flexibility index (Phi) is 10.3. The molecule has 0 fully saturated rings. The Bertz CT molecular complexity index is 789. The molecule has 0 atom stereocenters. The molecule has 28 heavy (non-hydrogen) atoms. The molecule has 2 rings (SSSR count). The minimum Gasteiger partial charge on any atom is -0.496 e. The number of halogens is 1. The van der Waals surface area contributed by atoms with Crippen LogP contribution in [0.15, 0.2) is 23.2 Å². The number of nitrogens with one attached hydrogen (secondary N) is 2. The zero-order valence-corrected chi connectivity index (χ0v) is 20.0. The van der Waals surface area contributed by atoms with Crippen molar-refractivity contribution in [3.8, 4) is 5.75 Å². The van der Waals surface area contributed by atoms with Gasteiger partial charge in [-0.3, -0.25) is 9.67 Å². The third kappa shape index (κ3) is 6.37. The van der Waals surface area contributed by atoms with E-state index in [1.165, 1.54) is 11.1 Å². The Morgan fingerprint density at radius 3 is 2.50 bits per heavy atom. The molecule has 0 spiro atoms. The van der Waals surface area contributed by atoms with Crippen LogP contribution in [0.3, 0.4) is 0 Å². The molecule has 156 valence electrons. The predicted molar refractivity (Wildman–Crippen MR) is 124 cm³/mol. The van der Waals surface area contributed by atoms with E-state index in [9.17, 15) is 0 Å². The van der Waals surface area contributed by atoms with Crippen LogP contribution in [0.4, 0.5) is 0 Å². The number of aromatic nitrogens is 2. The number of hydrogen-bond donors (Lipinski definition) is 2. The maximum Gasteiger partial charge on any atom is 0.191 e. The summed E-state index contributed by atoms with van der Waals surface area (Å²) < 4.78 is 12.6. The Morgan fingerprint density at radius 1 is 1.14 bits per heavy atom. The summed E-state index contributed by atoms with van der Waals surface area (Å²) in [5, 5.41) is 11.3. The smallest absolute Gasteiger partial charge is 0.191 e. The number of nitrogens with zero attached hydrogens (tertiary/aromatic N) is 3. The van der Waals surface area contributed by atoms with E-state index in [0.717, 1.165) is 35.2 Å². The molecular weight excluding hydrogens is 469 g/mol. The fourth-order valence-electron chi connectivity index (χ4n) is 2.95. The van der Waals surface area contributed by atoms with Crippen LogP contribution >= 0.6 is 24.0 Å². The number of guanidine groups is 1. The van der Waals surface area contributed by atoms with Crippen molar-refractivity contribution in [1.82, 2.24) is 20.4 Å². The third-order valence-corrected chi connectivity index (χ3v) is 4.58. The van der Waals surface area contributed by atoms with Crippen molar-refractivity contribution in [1.29, 1.82) is 0 Å². The highest BCUT2D eigenvalue weighted by Gasteiger charge is 2.12. The largest absolute Gasteiger partial charge is 0.496 e. The van der Waals surface area contributed by atoms with Crippen LogP contribution in [-0.2, 0) is 24.4 Å². The Morgan fingerprint density at radius 2 is 1.86 bits per heavy atom. The standard InChI is InChI=1S/C20H31N5O2.HI/c1-14-7-8-17(19(11-14)27-6)12-22-20(21-4)23-13-18-15(2)24-25(16(18)3)9-10-26-5;/h7-8,11H,9-10,12-13H2,1-6H3,(H2,21,22,23);1H. The van der Waals surface area contributed by atoms with Crippen molar-refractivity contribution >= 4 is 29.9 Å². The van der Waals surface area contributed by atoms with Crippen molar-refractivity contribution in [2.75, 3.05) is 27.9 Å². The number of aliphatic imine (C=N–C) groups is 1. The number of rotatable bonds is 8. The van der Waals surface area contributed by atoms with Crippen LogP contribution in [0.25, 0.3) is 0 Å².